The molecule has 2 rings (SSSR count). The van der Waals surface area contributed by atoms with Crippen LogP contribution in [0.25, 0.3) is 0 Å². The smallest absolute Gasteiger partial charge is 0.119 e. The maximum atomic E-state index is 6.43. The first-order chi connectivity index (χ1) is 9.65. The Morgan fingerprint density at radius 3 is 2.90 bits per heavy atom. The largest absolute Gasteiger partial charge is 0.497 e. The van der Waals surface area contributed by atoms with E-state index in [1.165, 1.54) is 18.4 Å². The lowest BCUT2D eigenvalue weighted by Gasteiger charge is -2.40. The van der Waals surface area contributed by atoms with Crippen molar-refractivity contribution in [2.45, 2.75) is 45.2 Å². The van der Waals surface area contributed by atoms with Crippen LogP contribution in [0, 0.1) is 5.92 Å². The molecule has 1 aromatic carbocycles. The molecule has 1 aliphatic heterocycles. The summed E-state index contributed by atoms with van der Waals surface area (Å²) >= 11 is 0. The van der Waals surface area contributed by atoms with Gasteiger partial charge in [0, 0.05) is 12.6 Å². The van der Waals surface area contributed by atoms with Crippen LogP contribution in [0.5, 0.6) is 5.75 Å². The highest BCUT2D eigenvalue weighted by Crippen LogP contribution is 2.31. The lowest BCUT2D eigenvalue weighted by Crippen LogP contribution is -2.45. The summed E-state index contributed by atoms with van der Waals surface area (Å²) in [6, 6.07) is 8.86. The Morgan fingerprint density at radius 1 is 1.45 bits per heavy atom. The van der Waals surface area contributed by atoms with E-state index in [4.69, 9.17) is 10.5 Å². The van der Waals surface area contributed by atoms with E-state index in [1.54, 1.807) is 7.11 Å². The van der Waals surface area contributed by atoms with E-state index >= 15 is 0 Å². The number of benzene rings is 1. The van der Waals surface area contributed by atoms with Gasteiger partial charge in [-0.1, -0.05) is 26.0 Å². The Kier molecular flexibility index (Phi) is 5.44. The van der Waals surface area contributed by atoms with Gasteiger partial charge in [-0.05, 0) is 49.4 Å². The third kappa shape index (κ3) is 3.53. The number of rotatable bonds is 5. The molecule has 0 aromatic heterocycles. The van der Waals surface area contributed by atoms with Crippen molar-refractivity contribution in [2.75, 3.05) is 20.2 Å². The zero-order valence-electron chi connectivity index (χ0n) is 13.0. The Bertz CT molecular complexity index is 421. The van der Waals surface area contributed by atoms with Crippen molar-refractivity contribution < 1.29 is 4.74 Å². The Morgan fingerprint density at radius 2 is 2.25 bits per heavy atom. The topological polar surface area (TPSA) is 38.5 Å². The number of hydrogen-bond acceptors (Lipinski definition) is 3. The van der Waals surface area contributed by atoms with E-state index in [2.05, 4.69) is 36.9 Å². The van der Waals surface area contributed by atoms with Crippen LogP contribution in [-0.4, -0.2) is 31.1 Å². The third-order valence-electron chi connectivity index (χ3n) is 4.39. The molecule has 0 amide bonds. The summed E-state index contributed by atoms with van der Waals surface area (Å²) in [4.78, 5) is 2.57. The fourth-order valence-corrected chi connectivity index (χ4v) is 3.26. The van der Waals surface area contributed by atoms with Crippen LogP contribution < -0.4 is 10.5 Å². The van der Waals surface area contributed by atoms with Gasteiger partial charge in [0.1, 0.15) is 5.75 Å². The standard InChI is InChI=1S/C17H28N2O/c1-4-16(18)17(19-10-6-7-13(2)12-19)14-8-5-9-15(11-14)20-3/h5,8-9,11,13,16-17H,4,6-7,10,12,18H2,1-3H3. The van der Waals surface area contributed by atoms with Crippen LogP contribution in [-0.2, 0) is 0 Å². The molecule has 0 radical (unpaired) electrons. The van der Waals surface area contributed by atoms with Gasteiger partial charge in [0.2, 0.25) is 0 Å². The van der Waals surface area contributed by atoms with Crippen molar-refractivity contribution in [1.29, 1.82) is 0 Å². The van der Waals surface area contributed by atoms with Crippen LogP contribution in [0.3, 0.4) is 0 Å². The molecule has 112 valence electrons. The molecule has 20 heavy (non-hydrogen) atoms. The maximum absolute atomic E-state index is 6.43. The van der Waals surface area contributed by atoms with Gasteiger partial charge < -0.3 is 10.5 Å². The molecule has 0 spiro atoms. The number of ether oxygens (including phenoxy) is 1. The van der Waals surface area contributed by atoms with Gasteiger partial charge in [0.15, 0.2) is 0 Å². The second kappa shape index (κ2) is 7.09. The average Bonchev–Trinajstić information content (AvgIpc) is 2.47. The molecule has 1 fully saturated rings. The fraction of sp³-hybridized carbons (Fsp3) is 0.647. The molecule has 2 N–H and O–H groups in total. The van der Waals surface area contributed by atoms with Gasteiger partial charge in [-0.2, -0.15) is 0 Å². The van der Waals surface area contributed by atoms with Crippen LogP contribution in [0.4, 0.5) is 0 Å². The average molecular weight is 276 g/mol. The highest BCUT2D eigenvalue weighted by molar-refractivity contribution is 5.31. The van der Waals surface area contributed by atoms with Crippen molar-refractivity contribution in [3.63, 3.8) is 0 Å². The molecule has 0 saturated carbocycles. The quantitative estimate of drug-likeness (QED) is 0.897. The first-order valence-electron chi connectivity index (χ1n) is 7.79. The predicted molar refractivity (Wildman–Crippen MR) is 84.0 cm³/mol. The zero-order valence-corrected chi connectivity index (χ0v) is 13.0. The minimum Gasteiger partial charge on any atom is -0.497 e. The Hall–Kier alpha value is -1.06. The van der Waals surface area contributed by atoms with E-state index in [0.29, 0.717) is 6.04 Å². The molecule has 0 aliphatic carbocycles. The number of nitrogens with zero attached hydrogens (tertiary/aromatic N) is 1. The highest BCUT2D eigenvalue weighted by Gasteiger charge is 2.29. The summed E-state index contributed by atoms with van der Waals surface area (Å²) in [5, 5.41) is 0. The molecule has 3 nitrogen and oxygen atoms in total. The number of likely N-dealkylation sites (tertiary alicyclic amines) is 1. The molecule has 3 unspecified atom stereocenters. The summed E-state index contributed by atoms with van der Waals surface area (Å²) in [6.45, 7) is 6.81. The first-order valence-corrected chi connectivity index (χ1v) is 7.79. The summed E-state index contributed by atoms with van der Waals surface area (Å²) < 4.78 is 5.37. The molecule has 1 heterocycles. The molecule has 1 aromatic rings. The normalized spacial score (nSPS) is 23.3. The number of nitrogens with two attached hydrogens (primary N) is 1. The van der Waals surface area contributed by atoms with E-state index < -0.39 is 0 Å². The zero-order chi connectivity index (χ0) is 14.5. The van der Waals surface area contributed by atoms with Crippen molar-refractivity contribution >= 4 is 0 Å². The molecular formula is C17H28N2O. The monoisotopic (exact) mass is 276 g/mol. The van der Waals surface area contributed by atoms with Crippen LogP contribution >= 0.6 is 0 Å². The summed E-state index contributed by atoms with van der Waals surface area (Å²) in [7, 11) is 1.72. The molecular weight excluding hydrogens is 248 g/mol. The van der Waals surface area contributed by atoms with Crippen LogP contribution in [0.15, 0.2) is 24.3 Å². The SMILES string of the molecule is CCC(N)C(c1cccc(OC)c1)N1CCCC(C)C1. The molecule has 1 aliphatic rings. The lowest BCUT2D eigenvalue weighted by atomic mass is 9.91. The van der Waals surface area contributed by atoms with Gasteiger partial charge in [0.25, 0.3) is 0 Å². The Labute approximate surface area is 123 Å². The third-order valence-corrected chi connectivity index (χ3v) is 4.39. The van der Waals surface area contributed by atoms with Crippen molar-refractivity contribution in [3.8, 4) is 5.75 Å². The lowest BCUT2D eigenvalue weighted by molar-refractivity contribution is 0.111. The minimum atomic E-state index is 0.174. The second-order valence-corrected chi connectivity index (χ2v) is 6.04. The molecule has 0 bridgehead atoms. The minimum absolute atomic E-state index is 0.174. The second-order valence-electron chi connectivity index (χ2n) is 6.04. The van der Waals surface area contributed by atoms with Crippen molar-refractivity contribution in [2.24, 2.45) is 11.7 Å². The number of methoxy groups -OCH3 is 1. The van der Waals surface area contributed by atoms with Crippen LogP contribution in [0.2, 0.25) is 0 Å². The van der Waals surface area contributed by atoms with Crippen molar-refractivity contribution in [1.82, 2.24) is 4.90 Å². The van der Waals surface area contributed by atoms with Gasteiger partial charge in [-0.3, -0.25) is 4.90 Å². The Balaban J connectivity index is 2.26. The van der Waals surface area contributed by atoms with E-state index in [9.17, 15) is 0 Å². The number of hydrogen-bond donors (Lipinski definition) is 1. The summed E-state index contributed by atoms with van der Waals surface area (Å²) in [5.41, 5.74) is 7.72. The van der Waals surface area contributed by atoms with Gasteiger partial charge in [-0.25, -0.2) is 0 Å². The first kappa shape index (κ1) is 15.3. The van der Waals surface area contributed by atoms with Crippen molar-refractivity contribution in [3.05, 3.63) is 29.8 Å². The van der Waals surface area contributed by atoms with E-state index in [-0.39, 0.29) is 6.04 Å². The van der Waals surface area contributed by atoms with Crippen LogP contribution in [0.1, 0.15) is 44.7 Å². The molecule has 3 atom stereocenters. The van der Waals surface area contributed by atoms with Gasteiger partial charge in [0.05, 0.1) is 13.2 Å². The summed E-state index contributed by atoms with van der Waals surface area (Å²) in [5.74, 6) is 1.68. The molecule has 1 saturated heterocycles. The highest BCUT2D eigenvalue weighted by atomic mass is 16.5. The molecule has 3 heteroatoms. The predicted octanol–water partition coefficient (Wildman–Crippen LogP) is 3.21. The maximum Gasteiger partial charge on any atom is 0.119 e. The van der Waals surface area contributed by atoms with E-state index in [1.807, 2.05) is 6.07 Å². The number of piperidine rings is 1. The van der Waals surface area contributed by atoms with Gasteiger partial charge >= 0.3 is 0 Å². The summed E-state index contributed by atoms with van der Waals surface area (Å²) in [6.07, 6.45) is 3.60. The fourth-order valence-electron chi connectivity index (χ4n) is 3.26. The van der Waals surface area contributed by atoms with E-state index in [0.717, 1.165) is 31.2 Å². The van der Waals surface area contributed by atoms with Gasteiger partial charge in [-0.15, -0.1) is 0 Å².